The predicted molar refractivity (Wildman–Crippen MR) is 66.8 cm³/mol. The van der Waals surface area contributed by atoms with Crippen molar-refractivity contribution < 1.29 is 9.53 Å². The molecule has 0 bridgehead atoms. The van der Waals surface area contributed by atoms with Gasteiger partial charge >= 0.3 is 6.09 Å². The number of carbonyl (C=O) groups is 1. The molecule has 0 N–H and O–H groups in total. The standard InChI is InChI=1S/C14H19NO2/c1-12-5-7-13(8-6-12)11-17-14(16)15-9-3-2-4-10-15/h5-8H,2-4,9-11H2,1H3. The number of ether oxygens (including phenoxy) is 1. The first-order valence-corrected chi connectivity index (χ1v) is 6.23. The highest BCUT2D eigenvalue weighted by Gasteiger charge is 2.17. The van der Waals surface area contributed by atoms with Crippen LogP contribution in [0.1, 0.15) is 30.4 Å². The smallest absolute Gasteiger partial charge is 0.410 e. The number of likely N-dealkylation sites (tertiary alicyclic amines) is 1. The summed E-state index contributed by atoms with van der Waals surface area (Å²) in [4.78, 5) is 13.5. The zero-order valence-corrected chi connectivity index (χ0v) is 10.3. The van der Waals surface area contributed by atoms with E-state index in [1.54, 1.807) is 4.90 Å². The molecule has 1 heterocycles. The maximum Gasteiger partial charge on any atom is 0.410 e. The highest BCUT2D eigenvalue weighted by molar-refractivity contribution is 5.67. The molecule has 1 aliphatic heterocycles. The van der Waals surface area contributed by atoms with E-state index >= 15 is 0 Å². The van der Waals surface area contributed by atoms with Gasteiger partial charge in [-0.25, -0.2) is 4.79 Å². The topological polar surface area (TPSA) is 29.5 Å². The summed E-state index contributed by atoms with van der Waals surface area (Å²) < 4.78 is 5.29. The summed E-state index contributed by atoms with van der Waals surface area (Å²) in [5, 5.41) is 0. The lowest BCUT2D eigenvalue weighted by Crippen LogP contribution is -2.35. The number of nitrogens with zero attached hydrogens (tertiary/aromatic N) is 1. The lowest BCUT2D eigenvalue weighted by atomic mass is 10.1. The SMILES string of the molecule is Cc1ccc(COC(=O)N2CCCCC2)cc1. The molecule has 1 aromatic carbocycles. The first-order valence-electron chi connectivity index (χ1n) is 6.23. The Kier molecular flexibility index (Phi) is 4.02. The van der Waals surface area contributed by atoms with Crippen molar-refractivity contribution in [3.63, 3.8) is 0 Å². The lowest BCUT2D eigenvalue weighted by Gasteiger charge is -2.25. The van der Waals surface area contributed by atoms with Crippen molar-refractivity contribution in [1.82, 2.24) is 4.90 Å². The van der Waals surface area contributed by atoms with Crippen LogP contribution in [0, 0.1) is 6.92 Å². The molecule has 1 fully saturated rings. The van der Waals surface area contributed by atoms with Crippen molar-refractivity contribution in [1.29, 1.82) is 0 Å². The van der Waals surface area contributed by atoms with E-state index in [9.17, 15) is 4.79 Å². The third-order valence-corrected chi connectivity index (χ3v) is 3.10. The van der Waals surface area contributed by atoms with Crippen LogP contribution in [0.5, 0.6) is 0 Å². The summed E-state index contributed by atoms with van der Waals surface area (Å²) in [6, 6.07) is 8.06. The van der Waals surface area contributed by atoms with Gasteiger partial charge in [-0.3, -0.25) is 0 Å². The van der Waals surface area contributed by atoms with Gasteiger partial charge in [-0.1, -0.05) is 29.8 Å². The van der Waals surface area contributed by atoms with Crippen LogP contribution in [0.2, 0.25) is 0 Å². The lowest BCUT2D eigenvalue weighted by molar-refractivity contribution is 0.0894. The summed E-state index contributed by atoms with van der Waals surface area (Å²) in [5.41, 5.74) is 2.26. The molecule has 0 radical (unpaired) electrons. The van der Waals surface area contributed by atoms with Gasteiger partial charge in [-0.15, -0.1) is 0 Å². The summed E-state index contributed by atoms with van der Waals surface area (Å²) in [7, 11) is 0. The predicted octanol–water partition coefficient (Wildman–Crippen LogP) is 3.12. The second kappa shape index (κ2) is 5.71. The van der Waals surface area contributed by atoms with Crippen molar-refractivity contribution in [2.45, 2.75) is 32.8 Å². The number of aryl methyl sites for hydroxylation is 1. The average molecular weight is 233 g/mol. The van der Waals surface area contributed by atoms with Crippen LogP contribution < -0.4 is 0 Å². The van der Waals surface area contributed by atoms with E-state index in [1.807, 2.05) is 31.2 Å². The summed E-state index contributed by atoms with van der Waals surface area (Å²) in [6.07, 6.45) is 3.24. The fourth-order valence-corrected chi connectivity index (χ4v) is 2.00. The number of piperidine rings is 1. The molecule has 1 aromatic rings. The second-order valence-electron chi connectivity index (χ2n) is 4.59. The quantitative estimate of drug-likeness (QED) is 0.785. The molecule has 0 atom stereocenters. The molecule has 2 rings (SSSR count). The molecule has 0 aliphatic carbocycles. The van der Waals surface area contributed by atoms with Crippen molar-refractivity contribution >= 4 is 6.09 Å². The van der Waals surface area contributed by atoms with Crippen LogP contribution in [-0.2, 0) is 11.3 Å². The van der Waals surface area contributed by atoms with Crippen molar-refractivity contribution in [2.75, 3.05) is 13.1 Å². The van der Waals surface area contributed by atoms with E-state index in [0.717, 1.165) is 31.5 Å². The molecule has 92 valence electrons. The van der Waals surface area contributed by atoms with Crippen molar-refractivity contribution in [2.24, 2.45) is 0 Å². The molecule has 0 unspecified atom stereocenters. The molecular weight excluding hydrogens is 214 g/mol. The fourth-order valence-electron chi connectivity index (χ4n) is 2.00. The molecule has 0 aromatic heterocycles. The van der Waals surface area contributed by atoms with Gasteiger partial charge in [0.15, 0.2) is 0 Å². The third-order valence-electron chi connectivity index (χ3n) is 3.10. The van der Waals surface area contributed by atoms with E-state index in [1.165, 1.54) is 12.0 Å². The molecule has 1 amide bonds. The fraction of sp³-hybridized carbons (Fsp3) is 0.500. The molecule has 1 saturated heterocycles. The van der Waals surface area contributed by atoms with Crippen molar-refractivity contribution in [3.8, 4) is 0 Å². The number of rotatable bonds is 2. The Morgan fingerprint density at radius 3 is 2.47 bits per heavy atom. The Labute approximate surface area is 102 Å². The van der Waals surface area contributed by atoms with E-state index in [0.29, 0.717) is 6.61 Å². The average Bonchev–Trinajstić information content (AvgIpc) is 2.39. The molecule has 1 aliphatic rings. The van der Waals surface area contributed by atoms with E-state index in [4.69, 9.17) is 4.74 Å². The normalized spacial score (nSPS) is 15.7. The van der Waals surface area contributed by atoms with Crippen LogP contribution in [0.4, 0.5) is 4.79 Å². The minimum Gasteiger partial charge on any atom is -0.445 e. The van der Waals surface area contributed by atoms with Crippen LogP contribution in [0.15, 0.2) is 24.3 Å². The number of benzene rings is 1. The summed E-state index contributed by atoms with van der Waals surface area (Å²) in [6.45, 7) is 4.10. The van der Waals surface area contributed by atoms with Crippen LogP contribution in [0.3, 0.4) is 0 Å². The highest BCUT2D eigenvalue weighted by atomic mass is 16.6. The van der Waals surface area contributed by atoms with Gasteiger partial charge in [-0.05, 0) is 31.7 Å². The Hall–Kier alpha value is -1.51. The number of hydrogen-bond donors (Lipinski definition) is 0. The Morgan fingerprint density at radius 2 is 1.82 bits per heavy atom. The summed E-state index contributed by atoms with van der Waals surface area (Å²) >= 11 is 0. The summed E-state index contributed by atoms with van der Waals surface area (Å²) in [5.74, 6) is 0. The zero-order valence-electron chi connectivity index (χ0n) is 10.3. The third kappa shape index (κ3) is 3.48. The molecular formula is C14H19NO2. The van der Waals surface area contributed by atoms with Gasteiger partial charge in [0.1, 0.15) is 6.61 Å². The van der Waals surface area contributed by atoms with Crippen molar-refractivity contribution in [3.05, 3.63) is 35.4 Å². The maximum absolute atomic E-state index is 11.7. The Balaban J connectivity index is 1.81. The van der Waals surface area contributed by atoms with Gasteiger partial charge in [0, 0.05) is 13.1 Å². The minimum absolute atomic E-state index is 0.176. The van der Waals surface area contributed by atoms with Gasteiger partial charge < -0.3 is 9.64 Å². The molecule has 0 saturated carbocycles. The molecule has 0 spiro atoms. The Bertz CT molecular complexity index is 366. The largest absolute Gasteiger partial charge is 0.445 e. The highest BCUT2D eigenvalue weighted by Crippen LogP contribution is 2.11. The van der Waals surface area contributed by atoms with E-state index in [-0.39, 0.29) is 6.09 Å². The molecule has 3 heteroatoms. The number of carbonyl (C=O) groups excluding carboxylic acids is 1. The number of amides is 1. The first kappa shape index (κ1) is 12.0. The van der Waals surface area contributed by atoms with E-state index < -0.39 is 0 Å². The maximum atomic E-state index is 11.7. The van der Waals surface area contributed by atoms with Gasteiger partial charge in [-0.2, -0.15) is 0 Å². The first-order chi connectivity index (χ1) is 8.25. The molecule has 3 nitrogen and oxygen atoms in total. The van der Waals surface area contributed by atoms with Crippen LogP contribution in [0.25, 0.3) is 0 Å². The van der Waals surface area contributed by atoms with Gasteiger partial charge in [0.25, 0.3) is 0 Å². The zero-order chi connectivity index (χ0) is 12.1. The monoisotopic (exact) mass is 233 g/mol. The van der Waals surface area contributed by atoms with Crippen LogP contribution >= 0.6 is 0 Å². The van der Waals surface area contributed by atoms with Gasteiger partial charge in [0.2, 0.25) is 0 Å². The Morgan fingerprint density at radius 1 is 1.18 bits per heavy atom. The van der Waals surface area contributed by atoms with Gasteiger partial charge in [0.05, 0.1) is 0 Å². The number of hydrogen-bond acceptors (Lipinski definition) is 2. The van der Waals surface area contributed by atoms with E-state index in [2.05, 4.69) is 0 Å². The molecule has 17 heavy (non-hydrogen) atoms. The van der Waals surface area contributed by atoms with Crippen LogP contribution in [-0.4, -0.2) is 24.1 Å². The second-order valence-corrected chi connectivity index (χ2v) is 4.59. The minimum atomic E-state index is -0.176.